The Kier molecular flexibility index (Phi) is 19.7. The van der Waals surface area contributed by atoms with Gasteiger partial charge in [0.05, 0.1) is 76.6 Å². The normalized spacial score (nSPS) is 13.5. The second-order valence-corrected chi connectivity index (χ2v) is 21.3. The lowest BCUT2D eigenvalue weighted by atomic mass is 10.1. The van der Waals surface area contributed by atoms with Gasteiger partial charge in [0, 0.05) is 24.5 Å². The van der Waals surface area contributed by atoms with Crippen molar-refractivity contribution in [1.82, 2.24) is 49.9 Å². The summed E-state index contributed by atoms with van der Waals surface area (Å²) >= 11 is 0. The maximum Gasteiger partial charge on any atom is 0.358 e. The number of carbonyl (C=O) groups excluding carboxylic acids is 1. The van der Waals surface area contributed by atoms with Crippen LogP contribution >= 0.6 is 0 Å². The number of rotatable bonds is 10. The first-order valence-electron chi connectivity index (χ1n) is 28.4. The van der Waals surface area contributed by atoms with Crippen LogP contribution in [0.1, 0.15) is 91.0 Å². The van der Waals surface area contributed by atoms with Crippen LogP contribution in [0, 0.1) is 20.2 Å². The molecule has 8 aromatic heterocycles. The van der Waals surface area contributed by atoms with Crippen LogP contribution in [0.5, 0.6) is 0 Å². The Morgan fingerprint density at radius 1 is 0.538 bits per heavy atom. The number of hydrogen-bond acceptors (Lipinski definition) is 18. The lowest BCUT2D eigenvalue weighted by molar-refractivity contribution is -0.385. The Morgan fingerprint density at radius 3 is 1.33 bits per heavy atom. The van der Waals surface area contributed by atoms with Gasteiger partial charge in [-0.3, -0.25) is 44.2 Å². The molecule has 6 N–H and O–H groups in total. The summed E-state index contributed by atoms with van der Waals surface area (Å²) in [6.45, 7) is 0. The second-order valence-electron chi connectivity index (χ2n) is 21.3. The van der Waals surface area contributed by atoms with Gasteiger partial charge in [-0.15, -0.1) is 0 Å². The van der Waals surface area contributed by atoms with Gasteiger partial charge in [0.2, 0.25) is 11.5 Å². The van der Waals surface area contributed by atoms with Crippen molar-refractivity contribution in [2.75, 3.05) is 11.1 Å². The van der Waals surface area contributed by atoms with Crippen molar-refractivity contribution in [2.24, 2.45) is 0 Å². The number of aromatic amines is 1. The molecular formula is C65H62N14O12. The van der Waals surface area contributed by atoms with Crippen LogP contribution in [0.3, 0.4) is 0 Å². The smallest absolute Gasteiger partial charge is 0.358 e. The highest BCUT2D eigenvalue weighted by Crippen LogP contribution is 2.33. The van der Waals surface area contributed by atoms with Crippen molar-refractivity contribution in [3.8, 4) is 23.0 Å². The van der Waals surface area contributed by atoms with E-state index in [0.29, 0.717) is 34.8 Å². The van der Waals surface area contributed by atoms with Crippen molar-refractivity contribution in [3.05, 3.63) is 272 Å². The number of carbonyl (C=O) groups is 2. The average Bonchev–Trinajstić information content (AvgIpc) is 1.86. The molecule has 0 radical (unpaired) electrons. The van der Waals surface area contributed by atoms with Gasteiger partial charge in [-0.1, -0.05) is 115 Å². The molecule has 464 valence electrons. The van der Waals surface area contributed by atoms with Gasteiger partial charge in [-0.25, -0.2) is 4.79 Å². The third kappa shape index (κ3) is 15.7. The van der Waals surface area contributed by atoms with Crippen LogP contribution < -0.4 is 11.1 Å². The molecule has 8 heterocycles. The largest absolute Gasteiger partial charge is 0.476 e. The predicted octanol–water partition coefficient (Wildman–Crippen LogP) is 11.4. The molecule has 0 aliphatic heterocycles. The van der Waals surface area contributed by atoms with Gasteiger partial charge in [0.1, 0.15) is 18.6 Å². The number of carboxylic acids is 1. The summed E-state index contributed by atoms with van der Waals surface area (Å²) < 4.78 is 25.7. The molecule has 4 aromatic carbocycles. The quantitative estimate of drug-likeness (QED) is 0.0627. The molecule has 0 fully saturated rings. The molecule has 1 amide bonds. The minimum Gasteiger partial charge on any atom is -0.476 e. The van der Waals surface area contributed by atoms with E-state index in [1.165, 1.54) is 81.7 Å². The van der Waals surface area contributed by atoms with E-state index in [2.05, 4.69) is 114 Å². The molecule has 0 unspecified atom stereocenters. The van der Waals surface area contributed by atoms with Crippen molar-refractivity contribution in [1.29, 1.82) is 0 Å². The molecule has 0 spiro atoms. The zero-order chi connectivity index (χ0) is 62.5. The van der Waals surface area contributed by atoms with Crippen molar-refractivity contribution in [3.63, 3.8) is 0 Å². The van der Waals surface area contributed by atoms with Crippen molar-refractivity contribution >= 4 is 34.6 Å². The highest BCUT2D eigenvalue weighted by Gasteiger charge is 2.27. The minimum atomic E-state index is -1.12. The molecule has 26 heteroatoms. The van der Waals surface area contributed by atoms with Gasteiger partial charge in [-0.05, 0) is 120 Å². The fourth-order valence-electron chi connectivity index (χ4n) is 10.8. The molecule has 0 saturated heterocycles. The van der Waals surface area contributed by atoms with Gasteiger partial charge in [0.15, 0.2) is 22.9 Å². The van der Waals surface area contributed by atoms with E-state index in [1.54, 1.807) is 47.4 Å². The van der Waals surface area contributed by atoms with Crippen LogP contribution in [-0.2, 0) is 51.4 Å². The summed E-state index contributed by atoms with van der Waals surface area (Å²) in [7, 11) is 0. The van der Waals surface area contributed by atoms with E-state index in [1.807, 2.05) is 46.0 Å². The van der Waals surface area contributed by atoms with E-state index < -0.39 is 15.8 Å². The Hall–Kier alpha value is -11.8. The van der Waals surface area contributed by atoms with Crippen LogP contribution in [0.15, 0.2) is 213 Å². The minimum absolute atomic E-state index is 0. The van der Waals surface area contributed by atoms with E-state index in [0.717, 1.165) is 63.3 Å². The molecule has 0 atom stereocenters. The number of benzene rings is 4. The molecular weight excluding hydrogens is 1170 g/mol. The number of anilines is 2. The third-order valence-electron chi connectivity index (χ3n) is 15.2. The molecule has 4 aliphatic rings. The highest BCUT2D eigenvalue weighted by atomic mass is 16.6. The topological polar surface area (TPSA) is 359 Å². The molecule has 91 heavy (non-hydrogen) atoms. The van der Waals surface area contributed by atoms with Gasteiger partial charge < -0.3 is 39.1 Å². The maximum absolute atomic E-state index is 12.4. The van der Waals surface area contributed by atoms with Gasteiger partial charge in [-0.2, -0.15) is 20.4 Å². The fourth-order valence-corrected chi connectivity index (χ4v) is 10.8. The Morgan fingerprint density at radius 2 is 0.956 bits per heavy atom. The monoisotopic (exact) mass is 1230 g/mol. The molecule has 16 rings (SSSR count). The molecule has 26 nitrogen and oxygen atoms in total. The van der Waals surface area contributed by atoms with E-state index in [9.17, 15) is 34.9 Å². The summed E-state index contributed by atoms with van der Waals surface area (Å²) in [5, 5.41) is 66.6. The summed E-state index contributed by atoms with van der Waals surface area (Å²) in [4.78, 5) is 42.3. The summed E-state index contributed by atoms with van der Waals surface area (Å²) in [5.41, 5.74) is 18.0. The summed E-state index contributed by atoms with van der Waals surface area (Å²) in [6, 6.07) is 44.1. The number of nitrogens with two attached hydrogens (primary N) is 1. The number of aliphatic hydroxyl groups excluding tert-OH is 1. The van der Waals surface area contributed by atoms with Crippen LogP contribution in [0.25, 0.3) is 23.0 Å². The first-order chi connectivity index (χ1) is 43.8. The lowest BCUT2D eigenvalue weighted by Gasteiger charge is -2.09. The predicted molar refractivity (Wildman–Crippen MR) is 332 cm³/mol. The second kappa shape index (κ2) is 28.8. The first-order valence-corrected chi connectivity index (χ1v) is 28.4. The first kappa shape index (κ1) is 62.3. The molecule has 12 aromatic rings. The number of hydrogen-bond donors (Lipinski definition) is 5. The van der Waals surface area contributed by atoms with E-state index in [4.69, 9.17) is 28.7 Å². The van der Waals surface area contributed by atoms with Crippen LogP contribution in [-0.4, -0.2) is 87.9 Å². The fraction of sp³-hybridized carbons (Fsp3) is 0.200. The molecule has 0 saturated carbocycles. The van der Waals surface area contributed by atoms with Gasteiger partial charge >= 0.3 is 17.3 Å². The number of furan rings is 2. The Bertz CT molecular complexity index is 4250. The van der Waals surface area contributed by atoms with Crippen molar-refractivity contribution < 1.29 is 47.5 Å². The van der Waals surface area contributed by atoms with E-state index in [-0.39, 0.29) is 54.3 Å². The number of nitro groups is 2. The number of carboxylic acid groups (broad SMARTS) is 1. The summed E-state index contributed by atoms with van der Waals surface area (Å²) in [6.07, 6.45) is 22.7. The third-order valence-corrected chi connectivity index (χ3v) is 15.2. The number of nitrogen functional groups attached to an aromatic ring is 1. The summed E-state index contributed by atoms with van der Waals surface area (Å²) in [5.74, 6) is 0.217. The number of aromatic carboxylic acids is 1. The average molecular weight is 1230 g/mol. The number of nitrogens with one attached hydrogen (secondary N) is 2. The Balaban J connectivity index is 0.000000125. The van der Waals surface area contributed by atoms with Crippen LogP contribution in [0.2, 0.25) is 0 Å². The zero-order valence-corrected chi connectivity index (χ0v) is 47.9. The van der Waals surface area contributed by atoms with Crippen molar-refractivity contribution in [2.45, 2.75) is 83.0 Å². The number of nitrogens with zero attached hydrogens (tertiary/aromatic N) is 11. The number of amides is 1. The van der Waals surface area contributed by atoms with Crippen LogP contribution in [0.4, 0.5) is 22.7 Å². The maximum atomic E-state index is 12.4. The number of fused-ring (bicyclic) bond motifs is 4. The zero-order valence-electron chi connectivity index (χ0n) is 47.9. The Labute approximate surface area is 518 Å². The van der Waals surface area contributed by atoms with E-state index >= 15 is 0 Å². The number of H-pyrrole nitrogens is 1. The standard InChI is InChI=1S/C20H16N4O3.C12H11N3O2.C12H13N3.C9H10O.C8H5NO4.C3H3N3O2.CH4/c25-20(17-10-19(27-23-17)18-6-3-7-26-18)22-15-11-21-24(12-15)16-8-13-4-1-2-5-14(13)9-16;16-15(17)12-7-13-14(8-12)11-5-9-3-1-2-4-10(9)6-11;13-11-7-14-15(8-11)12-5-9-3-1-2-4-10(9)6-12;10-9-5-7-3-1-2-4-8(7)6-9;10-8(11)5-4-7(13-9-5)6-2-1-3-12-6;7-6(8)3-1-4-5-2-3;/h1-7,10-12,16H,8-9H2,(H,22,25);1-4,7-8,11H,5-6H2;1-4,7-8,12H,5-6,13H2;1-4,9-10H,5-6H2;1-4H,(H,10,11);1-2H,(H,4,5);1H4. The van der Waals surface area contributed by atoms with Gasteiger partial charge in [0.25, 0.3) is 5.91 Å². The number of aromatic nitrogens is 10. The molecule has 0 bridgehead atoms. The highest BCUT2D eigenvalue weighted by molar-refractivity contribution is 6.03. The lowest BCUT2D eigenvalue weighted by Crippen LogP contribution is -2.12. The number of aliphatic hydroxyl groups is 1. The SMILES string of the molecule is C.Nc1cnn(C2Cc3ccccc3C2)c1.O=C(Nc1cnn(C2Cc3ccccc3C2)c1)c1cc(-c2ccco2)on1.O=C(O)c1cc(-c2ccco2)on1.O=[N+]([O-])c1cn[nH]c1.O=[N+]([O-])c1cnn(C2Cc3ccccc3C2)c1.OC1Cc2ccccc2C1. The molecule has 4 aliphatic carbocycles.